The van der Waals surface area contributed by atoms with Gasteiger partial charge >= 0.3 is 6.80 Å². The third kappa shape index (κ3) is 4.94. The van der Waals surface area contributed by atoms with Crippen molar-refractivity contribution < 1.29 is 13.6 Å². The topological polar surface area (TPSA) is 35.5 Å². The van der Waals surface area contributed by atoms with Crippen LogP contribution < -0.4 is 0 Å². The van der Waals surface area contributed by atoms with E-state index in [9.17, 15) is 4.57 Å². The van der Waals surface area contributed by atoms with Crippen molar-refractivity contribution in [3.63, 3.8) is 0 Å². The molecule has 2 aliphatic rings. The van der Waals surface area contributed by atoms with Gasteiger partial charge in [0, 0.05) is 0 Å². The molecule has 0 aromatic heterocycles. The lowest BCUT2D eigenvalue weighted by Gasteiger charge is -2.28. The molecule has 2 fully saturated rings. The van der Waals surface area contributed by atoms with E-state index in [1.54, 1.807) is 0 Å². The zero-order valence-corrected chi connectivity index (χ0v) is 12.1. The molecule has 17 heavy (non-hydrogen) atoms. The molecule has 2 rings (SSSR count). The highest BCUT2D eigenvalue weighted by molar-refractivity contribution is 8.44. The van der Waals surface area contributed by atoms with Crippen LogP contribution in [-0.2, 0) is 13.6 Å². The molecule has 0 spiro atoms. The number of hydrogen-bond donors (Lipinski definition) is 1. The minimum atomic E-state index is -3.14. The quantitative estimate of drug-likeness (QED) is 0.597. The van der Waals surface area contributed by atoms with E-state index in [1.807, 2.05) is 0 Å². The highest BCUT2D eigenvalue weighted by Crippen LogP contribution is 2.57. The van der Waals surface area contributed by atoms with Crippen molar-refractivity contribution >= 4 is 19.0 Å². The summed E-state index contributed by atoms with van der Waals surface area (Å²) < 4.78 is 23.3. The molecule has 0 saturated heterocycles. The first-order chi connectivity index (χ1) is 8.16. The second-order valence-electron chi connectivity index (χ2n) is 5.20. The average molecular weight is 278 g/mol. The number of hydrogen-bond acceptors (Lipinski definition) is 3. The van der Waals surface area contributed by atoms with Crippen molar-refractivity contribution in [3.05, 3.63) is 0 Å². The molecule has 0 radical (unpaired) electrons. The maximum Gasteiger partial charge on any atom is 0.386 e. The fourth-order valence-electron chi connectivity index (χ4n) is 2.74. The Morgan fingerprint density at radius 3 is 1.47 bits per heavy atom. The fraction of sp³-hybridized carbons (Fsp3) is 1.00. The van der Waals surface area contributed by atoms with Gasteiger partial charge in [-0.2, -0.15) is 0 Å². The Balaban J connectivity index is 1.78. The Bertz CT molecular complexity index is 249. The molecule has 0 atom stereocenters. The number of rotatable bonds is 4. The Morgan fingerprint density at radius 2 is 1.12 bits per heavy atom. The van der Waals surface area contributed by atoms with Crippen molar-refractivity contribution in [3.8, 4) is 0 Å². The summed E-state index contributed by atoms with van der Waals surface area (Å²) in [5.41, 5.74) is 0. The second kappa shape index (κ2) is 6.60. The van der Waals surface area contributed by atoms with Gasteiger partial charge in [-0.25, -0.2) is 4.57 Å². The van der Waals surface area contributed by atoms with E-state index in [-0.39, 0.29) is 12.2 Å². The van der Waals surface area contributed by atoms with Crippen molar-refractivity contribution in [1.82, 2.24) is 0 Å². The largest absolute Gasteiger partial charge is 0.386 e. The zero-order valence-electron chi connectivity index (χ0n) is 10.3. The summed E-state index contributed by atoms with van der Waals surface area (Å²) in [4.78, 5) is 0. The third-order valence-electron chi connectivity index (χ3n) is 3.67. The van der Waals surface area contributed by atoms with E-state index in [0.717, 1.165) is 25.7 Å². The van der Waals surface area contributed by atoms with Gasteiger partial charge in [-0.3, -0.25) is 9.05 Å². The first-order valence-electron chi connectivity index (χ1n) is 6.85. The normalized spacial score (nSPS) is 25.0. The van der Waals surface area contributed by atoms with Crippen molar-refractivity contribution in [2.24, 2.45) is 0 Å². The van der Waals surface area contributed by atoms with Gasteiger partial charge in [0.15, 0.2) is 0 Å². The van der Waals surface area contributed by atoms with Crippen molar-refractivity contribution in [1.29, 1.82) is 0 Å². The smallest absolute Gasteiger partial charge is 0.298 e. The standard InChI is InChI=1S/C12H23O3PS/c13-16(17,14-11-7-3-1-4-8-11)15-12-9-5-2-6-10-12/h11-12H,1-10H2,(H,13,17). The molecule has 2 aliphatic carbocycles. The number of thiol groups is 1. The predicted octanol–water partition coefficient (Wildman–Crippen LogP) is 4.72. The Labute approximate surface area is 109 Å². The minimum absolute atomic E-state index is 0.0932. The monoisotopic (exact) mass is 278 g/mol. The summed E-state index contributed by atoms with van der Waals surface area (Å²) in [5, 5.41) is 0. The Morgan fingerprint density at radius 1 is 0.765 bits per heavy atom. The zero-order chi connectivity index (χ0) is 12.1. The van der Waals surface area contributed by atoms with Crippen LogP contribution in [0.5, 0.6) is 0 Å². The highest BCUT2D eigenvalue weighted by atomic mass is 32.7. The van der Waals surface area contributed by atoms with Crippen LogP contribution in [0, 0.1) is 0 Å². The Hall–Kier alpha value is 0.500. The molecule has 0 aliphatic heterocycles. The summed E-state index contributed by atoms with van der Waals surface area (Å²) in [7, 11) is 0. The van der Waals surface area contributed by atoms with E-state index >= 15 is 0 Å². The molecule has 0 N–H and O–H groups in total. The van der Waals surface area contributed by atoms with Gasteiger partial charge in [-0.05, 0) is 25.7 Å². The van der Waals surface area contributed by atoms with Crippen LogP contribution in [0.15, 0.2) is 0 Å². The molecule has 100 valence electrons. The second-order valence-corrected chi connectivity index (χ2v) is 8.03. The van der Waals surface area contributed by atoms with Crippen LogP contribution in [0.2, 0.25) is 0 Å². The Kier molecular flexibility index (Phi) is 5.41. The SMILES string of the molecule is O=P(S)(OC1CCCCC1)OC1CCCCC1. The lowest BCUT2D eigenvalue weighted by Crippen LogP contribution is -2.18. The van der Waals surface area contributed by atoms with Crippen LogP contribution in [0.1, 0.15) is 64.2 Å². The summed E-state index contributed by atoms with van der Waals surface area (Å²) in [6.07, 6.45) is 11.4. The maximum absolute atomic E-state index is 12.2. The summed E-state index contributed by atoms with van der Waals surface area (Å²) in [6.45, 7) is -3.14. The molecule has 0 heterocycles. The summed E-state index contributed by atoms with van der Waals surface area (Å²) in [5.74, 6) is 0. The van der Waals surface area contributed by atoms with Crippen LogP contribution in [-0.4, -0.2) is 12.2 Å². The molecule has 0 bridgehead atoms. The first kappa shape index (κ1) is 13.9. The van der Waals surface area contributed by atoms with Gasteiger partial charge in [-0.15, -0.1) is 0 Å². The maximum atomic E-state index is 12.2. The van der Waals surface area contributed by atoms with Crippen LogP contribution in [0.3, 0.4) is 0 Å². The van der Waals surface area contributed by atoms with Gasteiger partial charge in [0.05, 0.1) is 12.2 Å². The van der Waals surface area contributed by atoms with Gasteiger partial charge in [0.1, 0.15) is 0 Å². The molecular formula is C12H23O3PS. The van der Waals surface area contributed by atoms with Crippen LogP contribution >= 0.6 is 19.0 Å². The minimum Gasteiger partial charge on any atom is -0.298 e. The molecule has 0 aromatic rings. The van der Waals surface area contributed by atoms with E-state index in [1.165, 1.54) is 38.5 Å². The molecule has 0 amide bonds. The third-order valence-corrected chi connectivity index (χ3v) is 5.36. The fourth-order valence-corrected chi connectivity index (χ4v) is 4.77. The van der Waals surface area contributed by atoms with Crippen molar-refractivity contribution in [2.75, 3.05) is 0 Å². The molecule has 0 aromatic carbocycles. The van der Waals surface area contributed by atoms with E-state index in [4.69, 9.17) is 9.05 Å². The van der Waals surface area contributed by atoms with Gasteiger partial charge in [-0.1, -0.05) is 50.8 Å². The van der Waals surface area contributed by atoms with E-state index in [0.29, 0.717) is 0 Å². The lowest BCUT2D eigenvalue weighted by atomic mass is 9.98. The van der Waals surface area contributed by atoms with Crippen LogP contribution in [0.25, 0.3) is 0 Å². The molecule has 0 unspecified atom stereocenters. The van der Waals surface area contributed by atoms with Gasteiger partial charge < -0.3 is 0 Å². The first-order valence-corrected chi connectivity index (χ1v) is 9.55. The van der Waals surface area contributed by atoms with E-state index < -0.39 is 6.80 Å². The van der Waals surface area contributed by atoms with Gasteiger partial charge in [0.25, 0.3) is 0 Å². The highest BCUT2D eigenvalue weighted by Gasteiger charge is 2.29. The lowest BCUT2D eigenvalue weighted by molar-refractivity contribution is 0.0891. The summed E-state index contributed by atoms with van der Waals surface area (Å²) in [6, 6.07) is 0. The van der Waals surface area contributed by atoms with Gasteiger partial charge in [0.2, 0.25) is 0 Å². The predicted molar refractivity (Wildman–Crippen MR) is 72.5 cm³/mol. The summed E-state index contributed by atoms with van der Waals surface area (Å²) >= 11 is 4.12. The van der Waals surface area contributed by atoms with E-state index in [2.05, 4.69) is 12.2 Å². The average Bonchev–Trinajstić information content (AvgIpc) is 2.30. The molecular weight excluding hydrogens is 255 g/mol. The molecule has 2 saturated carbocycles. The molecule has 3 nitrogen and oxygen atoms in total. The van der Waals surface area contributed by atoms with Crippen LogP contribution in [0.4, 0.5) is 0 Å². The molecule has 5 heteroatoms. The van der Waals surface area contributed by atoms with Crippen molar-refractivity contribution in [2.45, 2.75) is 76.4 Å².